The third-order valence-corrected chi connectivity index (χ3v) is 0.879. The number of hydrogen-bond donors (Lipinski definition) is 3. The van der Waals surface area contributed by atoms with Crippen molar-refractivity contribution in [2.24, 2.45) is 5.73 Å². The molecule has 94 valence electrons. The smallest absolute Gasteiger partial charge is 0.204 e. The molecule has 15 heavy (non-hydrogen) atoms. The van der Waals surface area contributed by atoms with Crippen LogP contribution in [0.2, 0.25) is 0 Å². The summed E-state index contributed by atoms with van der Waals surface area (Å²) >= 11 is 0. The number of ether oxygens (including phenoxy) is 2. The molecule has 0 radical (unpaired) electrons. The molecule has 6 nitrogen and oxygen atoms in total. The number of carbonyl (C=O) groups excluding carboxylic acids is 1. The molecule has 0 saturated carbocycles. The van der Waals surface area contributed by atoms with Gasteiger partial charge in [-0.3, -0.25) is 4.79 Å². The number of hydrogen-bond acceptors (Lipinski definition) is 5. The number of rotatable bonds is 6. The third-order valence-electron chi connectivity index (χ3n) is 0.879. The molecule has 4 N–H and O–H groups in total. The third kappa shape index (κ3) is 60.4. The lowest BCUT2D eigenvalue weighted by molar-refractivity contribution is -0.106. The molecule has 0 aromatic carbocycles. The summed E-state index contributed by atoms with van der Waals surface area (Å²) in [5, 5.41) is 16.1. The van der Waals surface area contributed by atoms with E-state index in [9.17, 15) is 0 Å². The summed E-state index contributed by atoms with van der Waals surface area (Å²) in [5.74, 6) is 0. The molecule has 0 atom stereocenters. The fourth-order valence-electron chi connectivity index (χ4n) is 0.418. The number of amides is 1. The molecule has 1 amide bonds. The van der Waals surface area contributed by atoms with E-state index in [1.54, 1.807) is 0 Å². The molecule has 0 saturated heterocycles. The Morgan fingerprint density at radius 2 is 1.33 bits per heavy atom. The lowest BCUT2D eigenvalue weighted by Crippen LogP contribution is -1.96. The predicted octanol–water partition coefficient (Wildman–Crippen LogP) is -0.868. The van der Waals surface area contributed by atoms with Gasteiger partial charge >= 0.3 is 0 Å². The molecule has 0 unspecified atom stereocenters. The maximum Gasteiger partial charge on any atom is 0.204 e. The Morgan fingerprint density at radius 3 is 1.40 bits per heavy atom. The van der Waals surface area contributed by atoms with Crippen molar-refractivity contribution in [2.75, 3.05) is 39.6 Å². The largest absolute Gasteiger partial charge is 0.394 e. The van der Waals surface area contributed by atoms with Gasteiger partial charge in [-0.25, -0.2) is 0 Å². The molecular formula is C9H23NO5. The maximum atomic E-state index is 8.58. The van der Waals surface area contributed by atoms with E-state index >= 15 is 0 Å². The molecule has 0 heterocycles. The molecule has 6 heteroatoms. The SMILES string of the molecule is CCOCCO.CCOCCO.NC=O. The molecule has 0 aromatic rings. The van der Waals surface area contributed by atoms with E-state index in [2.05, 4.69) is 5.73 Å². The van der Waals surface area contributed by atoms with Gasteiger partial charge in [0.1, 0.15) is 0 Å². The van der Waals surface area contributed by atoms with Crippen LogP contribution in [0.25, 0.3) is 0 Å². The van der Waals surface area contributed by atoms with Gasteiger partial charge in [0, 0.05) is 13.2 Å². The van der Waals surface area contributed by atoms with Crippen molar-refractivity contribution < 1.29 is 24.5 Å². The first kappa shape index (κ1) is 19.8. The van der Waals surface area contributed by atoms with Crippen molar-refractivity contribution in [3.63, 3.8) is 0 Å². The van der Waals surface area contributed by atoms with Crippen LogP contribution in [0, 0.1) is 0 Å². The quantitative estimate of drug-likeness (QED) is 0.403. The van der Waals surface area contributed by atoms with Gasteiger partial charge in [0.2, 0.25) is 6.41 Å². The highest BCUT2D eigenvalue weighted by atomic mass is 16.5. The number of carbonyl (C=O) groups is 1. The second kappa shape index (κ2) is 29.2. The monoisotopic (exact) mass is 225 g/mol. The van der Waals surface area contributed by atoms with Crippen LogP contribution < -0.4 is 5.73 Å². The molecule has 0 spiro atoms. The van der Waals surface area contributed by atoms with Gasteiger partial charge in [-0.15, -0.1) is 0 Å². The Hall–Kier alpha value is -0.690. The lowest BCUT2D eigenvalue weighted by Gasteiger charge is -1.91. The van der Waals surface area contributed by atoms with Crippen molar-refractivity contribution in [2.45, 2.75) is 13.8 Å². The minimum atomic E-state index is 0.133. The summed E-state index contributed by atoms with van der Waals surface area (Å²) in [7, 11) is 0. The summed E-state index contributed by atoms with van der Waals surface area (Å²) < 4.78 is 9.47. The van der Waals surface area contributed by atoms with Gasteiger partial charge in [0.05, 0.1) is 26.4 Å². The van der Waals surface area contributed by atoms with Crippen LogP contribution in [0.3, 0.4) is 0 Å². The fourth-order valence-corrected chi connectivity index (χ4v) is 0.418. The molecule has 0 fully saturated rings. The van der Waals surface area contributed by atoms with Gasteiger partial charge in [0.15, 0.2) is 0 Å². The zero-order valence-electron chi connectivity index (χ0n) is 9.52. The molecule has 0 aromatic heterocycles. The molecule has 0 aliphatic heterocycles. The second-order valence-electron chi connectivity index (χ2n) is 1.98. The van der Waals surface area contributed by atoms with Crippen LogP contribution in [0.15, 0.2) is 0 Å². The Kier molecular flexibility index (Phi) is 38.6. The van der Waals surface area contributed by atoms with Crippen molar-refractivity contribution in [3.05, 3.63) is 0 Å². The second-order valence-corrected chi connectivity index (χ2v) is 1.98. The van der Waals surface area contributed by atoms with Crippen LogP contribution in [-0.2, 0) is 14.3 Å². The molecule has 0 bridgehead atoms. The Balaban J connectivity index is -0.000000153. The van der Waals surface area contributed by atoms with E-state index in [1.807, 2.05) is 13.8 Å². The van der Waals surface area contributed by atoms with Gasteiger partial charge in [-0.2, -0.15) is 0 Å². The summed E-state index contributed by atoms with van der Waals surface area (Å²) in [4.78, 5) is 8.58. The average Bonchev–Trinajstić information content (AvgIpc) is 2.25. The van der Waals surface area contributed by atoms with E-state index in [0.717, 1.165) is 0 Å². The number of primary amides is 1. The minimum absolute atomic E-state index is 0.133. The van der Waals surface area contributed by atoms with Crippen LogP contribution in [0.5, 0.6) is 0 Å². The van der Waals surface area contributed by atoms with Crippen LogP contribution in [0.4, 0.5) is 0 Å². The van der Waals surface area contributed by atoms with E-state index < -0.39 is 0 Å². The molecule has 0 rings (SSSR count). The van der Waals surface area contributed by atoms with E-state index in [1.165, 1.54) is 0 Å². The summed E-state index contributed by atoms with van der Waals surface area (Å²) in [6.07, 6.45) is 0.250. The van der Waals surface area contributed by atoms with Gasteiger partial charge in [-0.1, -0.05) is 0 Å². The number of aliphatic hydroxyl groups is 2. The number of nitrogens with two attached hydrogens (primary N) is 1. The summed E-state index contributed by atoms with van der Waals surface area (Å²) in [6.45, 7) is 6.39. The normalized spacial score (nSPS) is 8.00. The van der Waals surface area contributed by atoms with Gasteiger partial charge in [0.25, 0.3) is 0 Å². The van der Waals surface area contributed by atoms with Gasteiger partial charge in [-0.05, 0) is 13.8 Å². The van der Waals surface area contributed by atoms with Crippen molar-refractivity contribution in [1.82, 2.24) is 0 Å². The maximum absolute atomic E-state index is 8.58. The van der Waals surface area contributed by atoms with Crippen LogP contribution in [0.1, 0.15) is 13.8 Å². The highest BCUT2D eigenvalue weighted by Crippen LogP contribution is 1.67. The lowest BCUT2D eigenvalue weighted by atomic mass is 10.8. The number of aliphatic hydroxyl groups excluding tert-OH is 2. The zero-order valence-corrected chi connectivity index (χ0v) is 9.52. The molecule has 0 aliphatic rings. The van der Waals surface area contributed by atoms with E-state index in [4.69, 9.17) is 24.5 Å². The minimum Gasteiger partial charge on any atom is -0.394 e. The van der Waals surface area contributed by atoms with E-state index in [0.29, 0.717) is 26.4 Å². The predicted molar refractivity (Wildman–Crippen MR) is 57.4 cm³/mol. The van der Waals surface area contributed by atoms with Crippen molar-refractivity contribution >= 4 is 6.41 Å². The highest BCUT2D eigenvalue weighted by Gasteiger charge is 1.74. The van der Waals surface area contributed by atoms with Crippen molar-refractivity contribution in [3.8, 4) is 0 Å². The Bertz CT molecular complexity index is 76.6. The van der Waals surface area contributed by atoms with E-state index in [-0.39, 0.29) is 19.6 Å². The Labute approximate surface area is 91.0 Å². The van der Waals surface area contributed by atoms with Crippen LogP contribution >= 0.6 is 0 Å². The highest BCUT2D eigenvalue weighted by molar-refractivity contribution is 5.42. The first-order chi connectivity index (χ1) is 7.24. The molecular weight excluding hydrogens is 202 g/mol. The topological polar surface area (TPSA) is 102 Å². The first-order valence-electron chi connectivity index (χ1n) is 4.77. The average molecular weight is 225 g/mol. The first-order valence-corrected chi connectivity index (χ1v) is 4.77. The Morgan fingerprint density at radius 1 is 1.07 bits per heavy atom. The molecule has 0 aliphatic carbocycles. The fraction of sp³-hybridized carbons (Fsp3) is 0.889. The zero-order chi connectivity index (χ0) is 12.4. The summed E-state index contributed by atoms with van der Waals surface area (Å²) in [5.41, 5.74) is 4.17. The standard InChI is InChI=1S/2C4H10O2.CH3NO/c2*1-2-6-4-3-5;2-1-3/h2*5H,2-4H2,1H3;1H,(H2,2,3). The van der Waals surface area contributed by atoms with Crippen molar-refractivity contribution in [1.29, 1.82) is 0 Å². The van der Waals surface area contributed by atoms with Gasteiger partial charge < -0.3 is 25.4 Å². The summed E-state index contributed by atoms with van der Waals surface area (Å²) in [6, 6.07) is 0. The van der Waals surface area contributed by atoms with Crippen LogP contribution in [-0.4, -0.2) is 56.3 Å².